The lowest BCUT2D eigenvalue weighted by atomic mass is 9.92. The largest absolute Gasteiger partial charge is 0.435 e. The summed E-state index contributed by atoms with van der Waals surface area (Å²) in [6, 6.07) is 7.91. The van der Waals surface area contributed by atoms with Crippen LogP contribution in [0.5, 0.6) is 5.75 Å². The molecule has 1 aliphatic heterocycles. The van der Waals surface area contributed by atoms with Crippen molar-refractivity contribution in [1.29, 1.82) is 0 Å². The highest BCUT2D eigenvalue weighted by Gasteiger charge is 2.41. The first-order chi connectivity index (χ1) is 15.7. The molecule has 176 valence electrons. The predicted octanol–water partition coefficient (Wildman–Crippen LogP) is 3.55. The van der Waals surface area contributed by atoms with E-state index in [0.29, 0.717) is 40.9 Å². The molecular weight excluding hydrogens is 434 g/mol. The van der Waals surface area contributed by atoms with Crippen molar-refractivity contribution >= 4 is 16.9 Å². The van der Waals surface area contributed by atoms with E-state index in [4.69, 9.17) is 4.74 Å². The molecule has 3 aromatic rings. The van der Waals surface area contributed by atoms with Gasteiger partial charge >= 0.3 is 6.61 Å². The van der Waals surface area contributed by atoms with E-state index in [-0.39, 0.29) is 24.3 Å². The van der Waals surface area contributed by atoms with Crippen LogP contribution in [0.3, 0.4) is 0 Å². The Bertz CT molecular complexity index is 1160. The Morgan fingerprint density at radius 3 is 2.73 bits per heavy atom. The fourth-order valence-corrected chi connectivity index (χ4v) is 3.96. The minimum Gasteiger partial charge on any atom is -0.435 e. The van der Waals surface area contributed by atoms with Gasteiger partial charge < -0.3 is 19.9 Å². The third kappa shape index (κ3) is 4.53. The maximum Gasteiger partial charge on any atom is 0.387 e. The molecule has 0 spiro atoms. The molecule has 4 rings (SSSR count). The molecule has 3 heterocycles. The molecule has 0 bridgehead atoms. The SMILES string of the molecule is CC(C)n1nc(-c2cccc(OC(F)F)c2)c2ncc(C(=O)N[C@@]3([C@H](C)O)CCOC3)cc21. The Balaban J connectivity index is 1.73. The van der Waals surface area contributed by atoms with E-state index in [1.54, 1.807) is 29.8 Å². The molecule has 2 atom stereocenters. The number of nitrogens with one attached hydrogen (secondary N) is 1. The molecule has 1 fully saturated rings. The Labute approximate surface area is 189 Å². The van der Waals surface area contributed by atoms with Crippen LogP contribution in [0, 0.1) is 0 Å². The van der Waals surface area contributed by atoms with Crippen LogP contribution in [-0.2, 0) is 4.74 Å². The molecular formula is C23H26F2N4O4. The zero-order valence-electron chi connectivity index (χ0n) is 18.6. The quantitative estimate of drug-likeness (QED) is 0.560. The van der Waals surface area contributed by atoms with Crippen molar-refractivity contribution < 1.29 is 28.2 Å². The highest BCUT2D eigenvalue weighted by atomic mass is 19.3. The van der Waals surface area contributed by atoms with E-state index < -0.39 is 18.3 Å². The summed E-state index contributed by atoms with van der Waals surface area (Å²) < 4.78 is 36.9. The van der Waals surface area contributed by atoms with Gasteiger partial charge in [0.1, 0.15) is 17.0 Å². The Hall–Kier alpha value is -3.11. The molecule has 0 saturated carbocycles. The van der Waals surface area contributed by atoms with E-state index in [1.165, 1.54) is 18.3 Å². The van der Waals surface area contributed by atoms with Crippen molar-refractivity contribution in [2.75, 3.05) is 13.2 Å². The number of hydrogen-bond donors (Lipinski definition) is 2. The van der Waals surface area contributed by atoms with E-state index in [9.17, 15) is 18.7 Å². The fraction of sp³-hybridized carbons (Fsp3) is 0.435. The minimum atomic E-state index is -2.93. The summed E-state index contributed by atoms with van der Waals surface area (Å²) in [7, 11) is 0. The topological polar surface area (TPSA) is 98.5 Å². The molecule has 2 N–H and O–H groups in total. The van der Waals surface area contributed by atoms with Crippen LogP contribution in [0.1, 0.15) is 43.6 Å². The van der Waals surface area contributed by atoms with E-state index in [0.717, 1.165) is 0 Å². The molecule has 0 aliphatic carbocycles. The number of carbonyl (C=O) groups excluding carboxylic acids is 1. The molecule has 1 aromatic carbocycles. The van der Waals surface area contributed by atoms with Gasteiger partial charge in [-0.25, -0.2) is 0 Å². The van der Waals surface area contributed by atoms with Crippen LogP contribution in [0.25, 0.3) is 22.3 Å². The van der Waals surface area contributed by atoms with Gasteiger partial charge in [0.2, 0.25) is 0 Å². The van der Waals surface area contributed by atoms with Gasteiger partial charge in [0.15, 0.2) is 0 Å². The summed E-state index contributed by atoms with van der Waals surface area (Å²) in [6.45, 7) is 3.27. The number of amides is 1. The molecule has 10 heteroatoms. The minimum absolute atomic E-state index is 0.0212. The lowest BCUT2D eigenvalue weighted by molar-refractivity contribution is -0.0498. The van der Waals surface area contributed by atoms with Crippen molar-refractivity contribution in [3.8, 4) is 17.0 Å². The van der Waals surface area contributed by atoms with Gasteiger partial charge in [-0.3, -0.25) is 14.5 Å². The second-order valence-electron chi connectivity index (χ2n) is 8.47. The average Bonchev–Trinajstić information content (AvgIpc) is 3.38. The maximum atomic E-state index is 13.0. The van der Waals surface area contributed by atoms with Crippen LogP contribution in [0.15, 0.2) is 36.5 Å². The number of aromatic nitrogens is 3. The fourth-order valence-electron chi connectivity index (χ4n) is 3.96. The number of carbonyl (C=O) groups is 1. The number of hydrogen-bond acceptors (Lipinski definition) is 6. The average molecular weight is 460 g/mol. The molecule has 1 aliphatic rings. The van der Waals surface area contributed by atoms with Crippen molar-refractivity contribution in [1.82, 2.24) is 20.1 Å². The first-order valence-electron chi connectivity index (χ1n) is 10.7. The van der Waals surface area contributed by atoms with Gasteiger partial charge in [-0.05, 0) is 45.4 Å². The Kier molecular flexibility index (Phi) is 6.31. The summed E-state index contributed by atoms with van der Waals surface area (Å²) in [5.74, 6) is -0.353. The number of nitrogens with zero attached hydrogens (tertiary/aromatic N) is 3. The number of aliphatic hydroxyl groups is 1. The molecule has 2 aromatic heterocycles. The van der Waals surface area contributed by atoms with Gasteiger partial charge in [0.25, 0.3) is 5.91 Å². The predicted molar refractivity (Wildman–Crippen MR) is 117 cm³/mol. The number of aliphatic hydroxyl groups excluding tert-OH is 1. The third-order valence-corrected chi connectivity index (χ3v) is 5.84. The molecule has 0 radical (unpaired) electrons. The van der Waals surface area contributed by atoms with E-state index in [1.807, 2.05) is 13.8 Å². The van der Waals surface area contributed by atoms with Gasteiger partial charge in [-0.1, -0.05) is 12.1 Å². The highest BCUT2D eigenvalue weighted by molar-refractivity contribution is 5.99. The molecule has 0 unspecified atom stereocenters. The number of pyridine rings is 1. The number of fused-ring (bicyclic) bond motifs is 1. The zero-order chi connectivity index (χ0) is 23.8. The standard InChI is InChI=1S/C23H26F2N4O4/c1-13(2)29-18-10-16(21(31)27-23(14(3)30)7-8-32-12-23)11-26-20(18)19(28-29)15-5-4-6-17(9-15)33-22(24)25/h4-6,9-11,13-14,22,30H,7-8,12H2,1-3H3,(H,27,31)/t14-,23-/m0/s1. The monoisotopic (exact) mass is 460 g/mol. The zero-order valence-corrected chi connectivity index (χ0v) is 18.6. The normalized spacial score (nSPS) is 19.4. The number of ether oxygens (including phenoxy) is 2. The van der Waals surface area contributed by atoms with Crippen molar-refractivity contribution in [3.05, 3.63) is 42.1 Å². The molecule has 33 heavy (non-hydrogen) atoms. The number of rotatable bonds is 7. The number of benzene rings is 1. The summed E-state index contributed by atoms with van der Waals surface area (Å²) in [5.41, 5.74) is 1.69. The third-order valence-electron chi connectivity index (χ3n) is 5.84. The maximum absolute atomic E-state index is 13.0. The van der Waals surface area contributed by atoms with E-state index >= 15 is 0 Å². The van der Waals surface area contributed by atoms with Gasteiger partial charge in [-0.2, -0.15) is 13.9 Å². The van der Waals surface area contributed by atoms with Crippen LogP contribution < -0.4 is 10.1 Å². The summed E-state index contributed by atoms with van der Waals surface area (Å²) >= 11 is 0. The van der Waals surface area contributed by atoms with Gasteiger partial charge in [0, 0.05) is 24.4 Å². The highest BCUT2D eigenvalue weighted by Crippen LogP contribution is 2.31. The van der Waals surface area contributed by atoms with Crippen LogP contribution in [-0.4, -0.2) is 57.2 Å². The van der Waals surface area contributed by atoms with Crippen LogP contribution in [0.2, 0.25) is 0 Å². The first kappa shape index (κ1) is 23.1. The number of halogens is 2. The van der Waals surface area contributed by atoms with Crippen LogP contribution >= 0.6 is 0 Å². The first-order valence-corrected chi connectivity index (χ1v) is 10.7. The molecule has 1 saturated heterocycles. The second-order valence-corrected chi connectivity index (χ2v) is 8.47. The van der Waals surface area contributed by atoms with Gasteiger partial charge in [-0.15, -0.1) is 0 Å². The Morgan fingerprint density at radius 2 is 2.09 bits per heavy atom. The summed E-state index contributed by atoms with van der Waals surface area (Å²) in [5, 5.41) is 17.8. The van der Waals surface area contributed by atoms with Gasteiger partial charge in [0.05, 0.1) is 29.3 Å². The summed E-state index contributed by atoms with van der Waals surface area (Å²) in [6.07, 6.45) is 1.17. The van der Waals surface area contributed by atoms with Crippen molar-refractivity contribution in [3.63, 3.8) is 0 Å². The smallest absolute Gasteiger partial charge is 0.387 e. The Morgan fingerprint density at radius 1 is 1.30 bits per heavy atom. The van der Waals surface area contributed by atoms with Crippen molar-refractivity contribution in [2.45, 2.75) is 51.5 Å². The lowest BCUT2D eigenvalue weighted by Crippen LogP contribution is -2.56. The number of alkyl halides is 2. The lowest BCUT2D eigenvalue weighted by Gasteiger charge is -2.31. The molecule has 1 amide bonds. The summed E-state index contributed by atoms with van der Waals surface area (Å²) in [4.78, 5) is 17.5. The second kappa shape index (κ2) is 9.03. The molecule has 8 nitrogen and oxygen atoms in total. The van der Waals surface area contributed by atoms with Crippen LogP contribution in [0.4, 0.5) is 8.78 Å². The van der Waals surface area contributed by atoms with E-state index in [2.05, 4.69) is 20.1 Å². The van der Waals surface area contributed by atoms with Crippen molar-refractivity contribution in [2.24, 2.45) is 0 Å².